The number of rotatable bonds is 17. The van der Waals surface area contributed by atoms with Crippen LogP contribution >= 0.6 is 0 Å². The van der Waals surface area contributed by atoms with Crippen molar-refractivity contribution in [2.75, 3.05) is 20.3 Å². The summed E-state index contributed by atoms with van der Waals surface area (Å²) in [6, 6.07) is -1.08. The number of aliphatic hydroxyl groups excluding tert-OH is 6. The summed E-state index contributed by atoms with van der Waals surface area (Å²) >= 11 is 0. The molecule has 1 saturated heterocycles. The maximum absolute atomic E-state index is 12.5. The molecule has 0 aromatic carbocycles. The highest BCUT2D eigenvalue weighted by atomic mass is 16.7. The van der Waals surface area contributed by atoms with Crippen molar-refractivity contribution in [3.8, 4) is 0 Å². The lowest BCUT2D eigenvalue weighted by molar-refractivity contribution is -0.303. The molecule has 2 amide bonds. The Morgan fingerprint density at radius 1 is 0.943 bits per heavy atom. The third-order valence-corrected chi connectivity index (χ3v) is 6.13. The van der Waals surface area contributed by atoms with Crippen molar-refractivity contribution in [1.29, 1.82) is 0 Å². The van der Waals surface area contributed by atoms with Crippen molar-refractivity contribution in [3.63, 3.8) is 0 Å². The summed E-state index contributed by atoms with van der Waals surface area (Å²) < 4.78 is 10.8. The van der Waals surface area contributed by atoms with Crippen LogP contribution in [0, 0.1) is 0 Å². The van der Waals surface area contributed by atoms with Crippen LogP contribution in [0.1, 0.15) is 64.7 Å². The molecule has 0 aromatic rings. The van der Waals surface area contributed by atoms with Crippen molar-refractivity contribution < 1.29 is 49.7 Å². The molecule has 0 radical (unpaired) electrons. The first-order chi connectivity index (χ1) is 16.7. The zero-order valence-corrected chi connectivity index (χ0v) is 20.7. The maximum Gasteiger partial charge on any atom is 0.220 e. The zero-order valence-electron chi connectivity index (χ0n) is 20.7. The fraction of sp³-hybridized carbons (Fsp3) is 0.913. The second kappa shape index (κ2) is 17.1. The smallest absolute Gasteiger partial charge is 0.220 e. The highest BCUT2D eigenvalue weighted by Gasteiger charge is 2.44. The van der Waals surface area contributed by atoms with Crippen molar-refractivity contribution >= 4 is 11.8 Å². The predicted molar refractivity (Wildman–Crippen MR) is 125 cm³/mol. The standard InChI is InChI=1S/C23H44N2O10/c1-3-4-5-6-7-10-18(29)25-14(19(30)15(27)9-8-11-17(28)24-2)13-34-23-22(33)21(32)20(31)16(12-26)35-23/h14-16,19-23,26-27,30-33H,3-13H2,1-2H3,(H,24,28)(H,25,29)/t14-,15+,16?,19-,20-,21-,22?,23-/m0/s1. The van der Waals surface area contributed by atoms with Gasteiger partial charge in [0.05, 0.1) is 25.4 Å². The third kappa shape index (κ3) is 11.0. The number of aliphatic hydroxyl groups is 6. The van der Waals surface area contributed by atoms with Crippen LogP contribution in [0.25, 0.3) is 0 Å². The number of unbranched alkanes of at least 4 members (excludes halogenated alkanes) is 4. The van der Waals surface area contributed by atoms with Gasteiger partial charge in [0.2, 0.25) is 11.8 Å². The van der Waals surface area contributed by atoms with Crippen molar-refractivity contribution in [3.05, 3.63) is 0 Å². The van der Waals surface area contributed by atoms with Crippen LogP contribution in [0.2, 0.25) is 0 Å². The monoisotopic (exact) mass is 508 g/mol. The highest BCUT2D eigenvalue weighted by Crippen LogP contribution is 2.22. The molecule has 8 N–H and O–H groups in total. The summed E-state index contributed by atoms with van der Waals surface area (Å²) in [6.07, 6.45) is -4.66. The van der Waals surface area contributed by atoms with E-state index in [1.165, 1.54) is 7.05 Å². The lowest BCUT2D eigenvalue weighted by Crippen LogP contribution is -2.60. The van der Waals surface area contributed by atoms with Crippen LogP contribution in [0.3, 0.4) is 0 Å². The minimum atomic E-state index is -1.64. The molecule has 0 aromatic heterocycles. The average Bonchev–Trinajstić information content (AvgIpc) is 2.85. The van der Waals surface area contributed by atoms with Gasteiger partial charge in [-0.1, -0.05) is 32.6 Å². The van der Waals surface area contributed by atoms with Crippen molar-refractivity contribution in [1.82, 2.24) is 10.6 Å². The number of hydrogen-bond donors (Lipinski definition) is 8. The van der Waals surface area contributed by atoms with Gasteiger partial charge < -0.3 is 50.7 Å². The molecule has 0 saturated carbocycles. The van der Waals surface area contributed by atoms with Gasteiger partial charge in [-0.2, -0.15) is 0 Å². The normalized spacial score (nSPS) is 27.1. The van der Waals surface area contributed by atoms with Crippen LogP contribution < -0.4 is 10.6 Å². The fourth-order valence-electron chi connectivity index (χ4n) is 3.83. The molecule has 1 rings (SSSR count). The topological polar surface area (TPSA) is 198 Å². The summed E-state index contributed by atoms with van der Waals surface area (Å²) in [7, 11) is 1.50. The molecule has 0 bridgehead atoms. The largest absolute Gasteiger partial charge is 0.394 e. The molecule has 0 spiro atoms. The van der Waals surface area contributed by atoms with Crippen LogP contribution in [0.5, 0.6) is 0 Å². The minimum Gasteiger partial charge on any atom is -0.394 e. The van der Waals surface area contributed by atoms with Gasteiger partial charge in [0.15, 0.2) is 6.29 Å². The van der Waals surface area contributed by atoms with Gasteiger partial charge in [0.25, 0.3) is 0 Å². The van der Waals surface area contributed by atoms with E-state index in [4.69, 9.17) is 9.47 Å². The Kier molecular flexibility index (Phi) is 15.5. The lowest BCUT2D eigenvalue weighted by atomic mass is 9.99. The zero-order chi connectivity index (χ0) is 26.4. The lowest BCUT2D eigenvalue weighted by Gasteiger charge is -2.40. The highest BCUT2D eigenvalue weighted by molar-refractivity contribution is 5.76. The van der Waals surface area contributed by atoms with Crippen molar-refractivity contribution in [2.45, 2.75) is 114 Å². The molecular weight excluding hydrogens is 464 g/mol. The Labute approximate surface area is 206 Å². The van der Waals surface area contributed by atoms with Gasteiger partial charge in [-0.05, 0) is 19.3 Å². The first kappa shape index (κ1) is 31.6. The van der Waals surface area contributed by atoms with E-state index in [-0.39, 0.29) is 31.1 Å². The van der Waals surface area contributed by atoms with E-state index < -0.39 is 62.2 Å². The number of nitrogens with one attached hydrogen (secondary N) is 2. The minimum absolute atomic E-state index is 0.0953. The Morgan fingerprint density at radius 3 is 2.23 bits per heavy atom. The second-order valence-electron chi connectivity index (χ2n) is 8.99. The van der Waals surface area contributed by atoms with E-state index in [9.17, 15) is 40.2 Å². The molecule has 0 aliphatic carbocycles. The van der Waals surface area contributed by atoms with Crippen LogP contribution in [-0.2, 0) is 19.1 Å². The molecule has 1 aliphatic heterocycles. The van der Waals surface area contributed by atoms with Crippen LogP contribution in [0.15, 0.2) is 0 Å². The molecule has 12 heteroatoms. The van der Waals surface area contributed by atoms with E-state index in [0.717, 1.165) is 25.7 Å². The molecule has 12 nitrogen and oxygen atoms in total. The molecule has 1 aliphatic rings. The number of amides is 2. The van der Waals surface area contributed by atoms with E-state index >= 15 is 0 Å². The van der Waals surface area contributed by atoms with Crippen molar-refractivity contribution in [2.24, 2.45) is 0 Å². The van der Waals surface area contributed by atoms with Crippen LogP contribution in [0.4, 0.5) is 0 Å². The fourth-order valence-corrected chi connectivity index (χ4v) is 3.83. The summed E-state index contributed by atoms with van der Waals surface area (Å²) in [6.45, 7) is 1.07. The molecule has 206 valence electrons. The Hall–Kier alpha value is -1.38. The Balaban J connectivity index is 2.75. The summed E-state index contributed by atoms with van der Waals surface area (Å²) in [5, 5.41) is 65.6. The summed E-state index contributed by atoms with van der Waals surface area (Å²) in [5.74, 6) is -0.550. The predicted octanol–water partition coefficient (Wildman–Crippen LogP) is -1.71. The van der Waals surface area contributed by atoms with E-state index in [1.54, 1.807) is 0 Å². The Morgan fingerprint density at radius 2 is 1.60 bits per heavy atom. The molecule has 35 heavy (non-hydrogen) atoms. The van der Waals surface area contributed by atoms with E-state index in [0.29, 0.717) is 12.8 Å². The van der Waals surface area contributed by atoms with Gasteiger partial charge in [0.1, 0.15) is 30.5 Å². The maximum atomic E-state index is 12.5. The summed E-state index contributed by atoms with van der Waals surface area (Å²) in [4.78, 5) is 23.9. The molecular formula is C23H44N2O10. The summed E-state index contributed by atoms with van der Waals surface area (Å²) in [5.41, 5.74) is 0. The third-order valence-electron chi connectivity index (χ3n) is 6.13. The first-order valence-corrected chi connectivity index (χ1v) is 12.4. The Bertz CT molecular complexity index is 609. The number of ether oxygens (including phenoxy) is 2. The van der Waals surface area contributed by atoms with Gasteiger partial charge in [-0.15, -0.1) is 0 Å². The van der Waals surface area contributed by atoms with Gasteiger partial charge >= 0.3 is 0 Å². The van der Waals surface area contributed by atoms with E-state index in [1.807, 2.05) is 0 Å². The number of hydrogen-bond acceptors (Lipinski definition) is 10. The molecule has 1 heterocycles. The molecule has 2 unspecified atom stereocenters. The van der Waals surface area contributed by atoms with E-state index in [2.05, 4.69) is 17.6 Å². The average molecular weight is 509 g/mol. The van der Waals surface area contributed by atoms with Crippen LogP contribution in [-0.4, -0.2) is 112 Å². The number of carbonyl (C=O) groups is 2. The van der Waals surface area contributed by atoms with Gasteiger partial charge in [-0.25, -0.2) is 0 Å². The van der Waals surface area contributed by atoms with Gasteiger partial charge in [-0.3, -0.25) is 9.59 Å². The van der Waals surface area contributed by atoms with Gasteiger partial charge in [0, 0.05) is 19.9 Å². The quantitative estimate of drug-likeness (QED) is 0.105. The second-order valence-corrected chi connectivity index (χ2v) is 8.99. The first-order valence-electron chi connectivity index (χ1n) is 12.4. The SMILES string of the molecule is CCCCCCCC(=O)N[C@@H](CO[C@H]1OC(CO)[C@H](O)[C@H](O)C1O)[C@H](O)[C@H](O)CCCC(=O)NC. The number of carbonyl (C=O) groups excluding carboxylic acids is 2. The molecule has 8 atom stereocenters. The molecule has 1 fully saturated rings.